The third-order valence-corrected chi connectivity index (χ3v) is 6.52. The van der Waals surface area contributed by atoms with E-state index in [9.17, 15) is 9.59 Å². The van der Waals surface area contributed by atoms with Crippen molar-refractivity contribution in [2.45, 2.75) is 38.1 Å². The number of hydrogen-bond donors (Lipinski definition) is 0. The zero-order valence-electron chi connectivity index (χ0n) is 19.5. The molecule has 1 aliphatic carbocycles. The summed E-state index contributed by atoms with van der Waals surface area (Å²) in [5.41, 5.74) is 2.70. The number of benzene rings is 2. The van der Waals surface area contributed by atoms with Crippen LogP contribution in [0.4, 0.5) is 0 Å². The number of nitrogens with zero attached hydrogens (tertiary/aromatic N) is 3. The average molecular weight is 450 g/mol. The summed E-state index contributed by atoms with van der Waals surface area (Å²) in [7, 11) is 4.97. The van der Waals surface area contributed by atoms with Gasteiger partial charge in [0.15, 0.2) is 0 Å². The van der Waals surface area contributed by atoms with Crippen molar-refractivity contribution >= 4 is 17.5 Å². The Balaban J connectivity index is 1.58. The third kappa shape index (κ3) is 5.02. The lowest BCUT2D eigenvalue weighted by molar-refractivity contribution is -0.142. The fourth-order valence-electron chi connectivity index (χ4n) is 4.64. The van der Waals surface area contributed by atoms with Gasteiger partial charge in [0.25, 0.3) is 5.91 Å². The average Bonchev–Trinajstić information content (AvgIpc) is 3.54. The Labute approximate surface area is 195 Å². The first-order valence-electron chi connectivity index (χ1n) is 11.4. The van der Waals surface area contributed by atoms with Crippen LogP contribution in [0.2, 0.25) is 0 Å². The van der Waals surface area contributed by atoms with Gasteiger partial charge >= 0.3 is 0 Å². The molecule has 2 amide bonds. The summed E-state index contributed by atoms with van der Waals surface area (Å²) >= 11 is 0. The Hall–Kier alpha value is -3.35. The van der Waals surface area contributed by atoms with Gasteiger partial charge < -0.3 is 14.4 Å². The van der Waals surface area contributed by atoms with E-state index in [2.05, 4.69) is 0 Å². The molecule has 1 atom stereocenters. The molecule has 1 unspecified atom stereocenters. The van der Waals surface area contributed by atoms with Crippen LogP contribution in [0.15, 0.2) is 53.6 Å². The molecule has 4 rings (SSSR count). The monoisotopic (exact) mass is 449 g/mol. The van der Waals surface area contributed by atoms with Crippen molar-refractivity contribution in [1.82, 2.24) is 9.91 Å². The first-order valence-corrected chi connectivity index (χ1v) is 11.4. The molecule has 0 saturated heterocycles. The predicted molar refractivity (Wildman–Crippen MR) is 126 cm³/mol. The fraction of sp³-hybridized carbons (Fsp3) is 0.423. The molecule has 7 heteroatoms. The van der Waals surface area contributed by atoms with Crippen LogP contribution in [-0.2, 0) is 9.59 Å². The van der Waals surface area contributed by atoms with E-state index in [1.165, 1.54) is 5.01 Å². The van der Waals surface area contributed by atoms with E-state index in [0.29, 0.717) is 6.42 Å². The number of likely N-dealkylation sites (N-methyl/N-ethyl adjacent to an activating group) is 1. The molecule has 1 fully saturated rings. The number of hydrogen-bond acceptors (Lipinski definition) is 5. The molecule has 33 heavy (non-hydrogen) atoms. The first kappa shape index (κ1) is 22.8. The second-order valence-corrected chi connectivity index (χ2v) is 8.69. The van der Waals surface area contributed by atoms with E-state index >= 15 is 0 Å². The van der Waals surface area contributed by atoms with E-state index < -0.39 is 0 Å². The fourth-order valence-corrected chi connectivity index (χ4v) is 4.64. The molecule has 0 bridgehead atoms. The van der Waals surface area contributed by atoms with Gasteiger partial charge in [0.1, 0.15) is 18.0 Å². The zero-order valence-corrected chi connectivity index (χ0v) is 19.5. The molecule has 2 aromatic carbocycles. The minimum absolute atomic E-state index is 0.0108. The second kappa shape index (κ2) is 10.1. The summed E-state index contributed by atoms with van der Waals surface area (Å²) in [6.07, 6.45) is 4.56. The quantitative estimate of drug-likeness (QED) is 0.640. The summed E-state index contributed by atoms with van der Waals surface area (Å²) < 4.78 is 10.6. The Morgan fingerprint density at radius 1 is 1.03 bits per heavy atom. The van der Waals surface area contributed by atoms with Crippen molar-refractivity contribution < 1.29 is 19.1 Å². The van der Waals surface area contributed by atoms with Gasteiger partial charge in [-0.1, -0.05) is 37.1 Å². The van der Waals surface area contributed by atoms with Crippen LogP contribution in [0, 0.1) is 5.92 Å². The van der Waals surface area contributed by atoms with Crippen LogP contribution < -0.4 is 9.47 Å². The summed E-state index contributed by atoms with van der Waals surface area (Å²) in [5, 5.41) is 6.26. The van der Waals surface area contributed by atoms with Crippen LogP contribution in [0.5, 0.6) is 11.5 Å². The highest BCUT2D eigenvalue weighted by molar-refractivity contribution is 6.03. The number of methoxy groups -OCH3 is 2. The second-order valence-electron chi connectivity index (χ2n) is 8.69. The zero-order chi connectivity index (χ0) is 23.4. The van der Waals surface area contributed by atoms with Crippen molar-refractivity contribution in [3.63, 3.8) is 0 Å². The van der Waals surface area contributed by atoms with E-state index in [1.807, 2.05) is 48.5 Å². The van der Waals surface area contributed by atoms with Crippen molar-refractivity contribution in [2.24, 2.45) is 11.0 Å². The Morgan fingerprint density at radius 3 is 2.39 bits per heavy atom. The maximum atomic E-state index is 13.4. The molecule has 2 aromatic rings. The van der Waals surface area contributed by atoms with E-state index in [1.54, 1.807) is 26.2 Å². The number of hydrazone groups is 1. The number of carbonyl (C=O) groups is 2. The minimum atomic E-state index is -0.250. The highest BCUT2D eigenvalue weighted by atomic mass is 16.5. The molecular formula is C26H31N3O4. The number of amides is 2. The normalized spacial score (nSPS) is 18.2. The van der Waals surface area contributed by atoms with E-state index in [4.69, 9.17) is 14.6 Å². The lowest BCUT2D eigenvalue weighted by atomic mass is 9.98. The van der Waals surface area contributed by atoms with Crippen LogP contribution in [-0.4, -0.2) is 55.2 Å². The molecule has 2 aliphatic rings. The van der Waals surface area contributed by atoms with Crippen molar-refractivity contribution in [3.8, 4) is 11.5 Å². The maximum Gasteiger partial charge on any atom is 0.262 e. The maximum absolute atomic E-state index is 13.4. The number of carbonyl (C=O) groups excluding carboxylic acids is 2. The van der Waals surface area contributed by atoms with Crippen molar-refractivity contribution in [3.05, 3.63) is 59.7 Å². The third-order valence-electron chi connectivity index (χ3n) is 6.52. The highest BCUT2D eigenvalue weighted by Crippen LogP contribution is 2.34. The summed E-state index contributed by atoms with van der Waals surface area (Å²) in [6.45, 7) is 0.0108. The molecule has 0 spiro atoms. The Kier molecular flexibility index (Phi) is 6.96. The lowest BCUT2D eigenvalue weighted by Crippen LogP contribution is -2.41. The first-order chi connectivity index (χ1) is 16.0. The van der Waals surface area contributed by atoms with Gasteiger partial charge in [-0.2, -0.15) is 5.10 Å². The molecule has 0 aromatic heterocycles. The van der Waals surface area contributed by atoms with E-state index in [-0.39, 0.29) is 30.3 Å². The number of rotatable bonds is 7. The van der Waals surface area contributed by atoms with Gasteiger partial charge in [0.2, 0.25) is 5.91 Å². The summed E-state index contributed by atoms with van der Waals surface area (Å²) in [6, 6.07) is 15.1. The predicted octanol–water partition coefficient (Wildman–Crippen LogP) is 4.03. The van der Waals surface area contributed by atoms with Gasteiger partial charge in [-0.05, 0) is 42.7 Å². The van der Waals surface area contributed by atoms with Crippen LogP contribution >= 0.6 is 0 Å². The molecule has 1 aliphatic heterocycles. The number of ether oxygens (including phenoxy) is 2. The molecule has 0 N–H and O–H groups in total. The molecule has 0 radical (unpaired) electrons. The molecular weight excluding hydrogens is 418 g/mol. The molecule has 1 saturated carbocycles. The molecule has 7 nitrogen and oxygen atoms in total. The SMILES string of the molecule is COc1ccc(C2CC(c3cccc(OC)c3)=NN2C(=O)CN(C)C(=O)C2CCCC2)cc1. The Bertz CT molecular complexity index is 1030. The standard InChI is InChI=1S/C26H31N3O4/c1-28(26(31)19-7-4-5-8-19)17-25(30)29-24(18-11-13-21(32-2)14-12-18)16-23(27-29)20-9-6-10-22(15-20)33-3/h6,9-15,19,24H,4-5,7-8,16-17H2,1-3H3. The van der Waals surface area contributed by atoms with Crippen LogP contribution in [0.3, 0.4) is 0 Å². The smallest absolute Gasteiger partial charge is 0.262 e. The van der Waals surface area contributed by atoms with Gasteiger partial charge in [-0.25, -0.2) is 5.01 Å². The largest absolute Gasteiger partial charge is 0.497 e. The lowest BCUT2D eigenvalue weighted by Gasteiger charge is -2.26. The van der Waals surface area contributed by atoms with Crippen molar-refractivity contribution in [1.29, 1.82) is 0 Å². The van der Waals surface area contributed by atoms with Crippen LogP contribution in [0.25, 0.3) is 0 Å². The highest BCUT2D eigenvalue weighted by Gasteiger charge is 2.35. The van der Waals surface area contributed by atoms with E-state index in [0.717, 1.165) is 54.0 Å². The van der Waals surface area contributed by atoms with Gasteiger partial charge in [-0.3, -0.25) is 9.59 Å². The molecule has 174 valence electrons. The summed E-state index contributed by atoms with van der Waals surface area (Å²) in [4.78, 5) is 27.7. The summed E-state index contributed by atoms with van der Waals surface area (Å²) in [5.74, 6) is 1.39. The van der Waals surface area contributed by atoms with Gasteiger partial charge in [-0.15, -0.1) is 0 Å². The minimum Gasteiger partial charge on any atom is -0.497 e. The molecule has 1 heterocycles. The van der Waals surface area contributed by atoms with Gasteiger partial charge in [0.05, 0.1) is 26.0 Å². The van der Waals surface area contributed by atoms with Gasteiger partial charge in [0, 0.05) is 24.9 Å². The Morgan fingerprint density at radius 2 is 1.73 bits per heavy atom. The van der Waals surface area contributed by atoms with Crippen molar-refractivity contribution in [2.75, 3.05) is 27.8 Å². The van der Waals surface area contributed by atoms with Crippen LogP contribution in [0.1, 0.15) is 49.3 Å². The topological polar surface area (TPSA) is 71.4 Å².